The third-order valence-corrected chi connectivity index (χ3v) is 6.30. The van der Waals surface area contributed by atoms with Gasteiger partial charge in [0.1, 0.15) is 11.5 Å². The maximum absolute atomic E-state index is 13.6. The van der Waals surface area contributed by atoms with E-state index in [1.54, 1.807) is 10.6 Å². The van der Waals surface area contributed by atoms with E-state index >= 15 is 0 Å². The SMILES string of the molecule is CN1CCN(C(=O)c2ccsc2)C[C@H]1c1nnn2cc(-c3cccc(F)c3)ccc12. The van der Waals surface area contributed by atoms with Gasteiger partial charge in [0.2, 0.25) is 0 Å². The van der Waals surface area contributed by atoms with E-state index in [2.05, 4.69) is 15.2 Å². The highest BCUT2D eigenvalue weighted by molar-refractivity contribution is 7.08. The number of hydrogen-bond donors (Lipinski definition) is 0. The zero-order chi connectivity index (χ0) is 20.7. The lowest BCUT2D eigenvalue weighted by Crippen LogP contribution is -2.49. The molecule has 0 bridgehead atoms. The van der Waals surface area contributed by atoms with Crippen LogP contribution in [0.25, 0.3) is 16.6 Å². The summed E-state index contributed by atoms with van der Waals surface area (Å²) < 4.78 is 15.3. The molecule has 1 aliphatic heterocycles. The molecule has 30 heavy (non-hydrogen) atoms. The lowest BCUT2D eigenvalue weighted by molar-refractivity contribution is 0.0542. The first-order valence-electron chi connectivity index (χ1n) is 9.73. The highest BCUT2D eigenvalue weighted by Crippen LogP contribution is 2.28. The Morgan fingerprint density at radius 2 is 2.07 bits per heavy atom. The van der Waals surface area contributed by atoms with Crippen molar-refractivity contribution in [3.63, 3.8) is 0 Å². The third kappa shape index (κ3) is 3.38. The molecule has 1 saturated heterocycles. The molecule has 6 nitrogen and oxygen atoms in total. The van der Waals surface area contributed by atoms with Crippen molar-refractivity contribution in [2.75, 3.05) is 26.7 Å². The molecule has 0 N–H and O–H groups in total. The van der Waals surface area contributed by atoms with Gasteiger partial charge in [-0.15, -0.1) is 5.10 Å². The van der Waals surface area contributed by atoms with Crippen LogP contribution in [0.1, 0.15) is 22.1 Å². The number of hydrogen-bond acceptors (Lipinski definition) is 5. The van der Waals surface area contributed by atoms with Crippen LogP contribution in [0.4, 0.5) is 4.39 Å². The Hall–Kier alpha value is -3.10. The van der Waals surface area contributed by atoms with Crippen LogP contribution in [0.15, 0.2) is 59.4 Å². The maximum atomic E-state index is 13.6. The second kappa shape index (κ2) is 7.62. The first kappa shape index (κ1) is 18.9. The summed E-state index contributed by atoms with van der Waals surface area (Å²) in [6.07, 6.45) is 1.86. The van der Waals surface area contributed by atoms with Crippen LogP contribution in [-0.2, 0) is 0 Å². The average Bonchev–Trinajstić information content (AvgIpc) is 3.43. The van der Waals surface area contributed by atoms with Gasteiger partial charge in [0.15, 0.2) is 0 Å². The lowest BCUT2D eigenvalue weighted by atomic mass is 10.1. The molecular weight excluding hydrogens is 401 g/mol. The van der Waals surface area contributed by atoms with Crippen LogP contribution in [0.3, 0.4) is 0 Å². The number of carbonyl (C=O) groups excluding carboxylic acids is 1. The topological polar surface area (TPSA) is 53.7 Å². The number of carbonyl (C=O) groups is 1. The first-order chi connectivity index (χ1) is 14.6. The molecule has 0 radical (unpaired) electrons. The van der Waals surface area contributed by atoms with Crippen molar-refractivity contribution in [2.45, 2.75) is 6.04 Å². The van der Waals surface area contributed by atoms with E-state index in [4.69, 9.17) is 0 Å². The summed E-state index contributed by atoms with van der Waals surface area (Å²) in [6.45, 7) is 2.01. The van der Waals surface area contributed by atoms with E-state index in [0.717, 1.165) is 34.4 Å². The minimum absolute atomic E-state index is 0.0427. The zero-order valence-corrected chi connectivity index (χ0v) is 17.2. The number of rotatable bonds is 3. The number of piperazine rings is 1. The summed E-state index contributed by atoms with van der Waals surface area (Å²) in [7, 11) is 2.05. The second-order valence-electron chi connectivity index (χ2n) is 7.49. The molecule has 3 aromatic heterocycles. The normalized spacial score (nSPS) is 17.5. The van der Waals surface area contributed by atoms with Crippen LogP contribution >= 0.6 is 11.3 Å². The summed E-state index contributed by atoms with van der Waals surface area (Å²) in [6, 6.07) is 12.2. The summed E-state index contributed by atoms with van der Waals surface area (Å²) in [5, 5.41) is 12.5. The maximum Gasteiger partial charge on any atom is 0.254 e. The molecule has 1 amide bonds. The lowest BCUT2D eigenvalue weighted by Gasteiger charge is -2.38. The number of thiophene rings is 1. The van der Waals surface area contributed by atoms with Gasteiger partial charge in [0, 0.05) is 36.8 Å². The Morgan fingerprint density at radius 3 is 2.87 bits per heavy atom. The minimum Gasteiger partial charge on any atom is -0.335 e. The van der Waals surface area contributed by atoms with Gasteiger partial charge < -0.3 is 4.90 Å². The molecular formula is C22H20FN5OS. The standard InChI is InChI=1S/C22H20FN5OS/c1-26-8-9-27(22(29)17-7-10-30-14-17)13-20(26)21-19-6-5-16(12-28(19)25-24-21)15-3-2-4-18(23)11-15/h2-7,10-12,14,20H,8-9,13H2,1H3/t20-/m0/s1. The van der Waals surface area contributed by atoms with Crippen molar-refractivity contribution in [3.05, 3.63) is 76.5 Å². The van der Waals surface area contributed by atoms with Crippen LogP contribution in [0.5, 0.6) is 0 Å². The van der Waals surface area contributed by atoms with Gasteiger partial charge in [-0.2, -0.15) is 11.3 Å². The molecule has 1 aromatic carbocycles. The number of benzene rings is 1. The molecule has 0 unspecified atom stereocenters. The minimum atomic E-state index is -0.272. The van der Waals surface area contributed by atoms with E-state index in [9.17, 15) is 9.18 Å². The van der Waals surface area contributed by atoms with Gasteiger partial charge in [-0.25, -0.2) is 8.91 Å². The average molecular weight is 422 g/mol. The van der Waals surface area contributed by atoms with Crippen LogP contribution in [0, 0.1) is 5.82 Å². The predicted octanol–water partition coefficient (Wildman–Crippen LogP) is 3.73. The van der Waals surface area contributed by atoms with Gasteiger partial charge in [-0.1, -0.05) is 23.4 Å². The Balaban J connectivity index is 1.45. The Kier molecular flexibility index (Phi) is 4.80. The predicted molar refractivity (Wildman–Crippen MR) is 114 cm³/mol. The number of likely N-dealkylation sites (N-methyl/N-ethyl adjacent to an activating group) is 1. The van der Waals surface area contributed by atoms with Crippen molar-refractivity contribution < 1.29 is 9.18 Å². The molecule has 1 aliphatic rings. The van der Waals surface area contributed by atoms with Gasteiger partial charge in [0.05, 0.1) is 17.1 Å². The summed E-state index contributed by atoms with van der Waals surface area (Å²) >= 11 is 1.53. The van der Waals surface area contributed by atoms with Crippen LogP contribution in [0.2, 0.25) is 0 Å². The zero-order valence-electron chi connectivity index (χ0n) is 16.4. The second-order valence-corrected chi connectivity index (χ2v) is 8.27. The molecule has 4 heterocycles. The van der Waals surface area contributed by atoms with Gasteiger partial charge >= 0.3 is 0 Å². The van der Waals surface area contributed by atoms with E-state index in [1.165, 1.54) is 23.5 Å². The Morgan fingerprint density at radius 1 is 1.17 bits per heavy atom. The molecule has 5 rings (SSSR count). The molecule has 0 saturated carbocycles. The monoisotopic (exact) mass is 421 g/mol. The summed E-state index contributed by atoms with van der Waals surface area (Å²) in [5.74, 6) is -0.217. The third-order valence-electron chi connectivity index (χ3n) is 5.62. The number of aromatic nitrogens is 3. The van der Waals surface area contributed by atoms with Gasteiger partial charge in [-0.3, -0.25) is 9.69 Å². The number of halogens is 1. The molecule has 152 valence electrons. The fraction of sp³-hybridized carbons (Fsp3) is 0.227. The van der Waals surface area contributed by atoms with Crippen LogP contribution < -0.4 is 0 Å². The molecule has 0 spiro atoms. The van der Waals surface area contributed by atoms with E-state index in [1.807, 2.05) is 53.2 Å². The summed E-state index contributed by atoms with van der Waals surface area (Å²) in [4.78, 5) is 16.9. The van der Waals surface area contributed by atoms with Gasteiger partial charge in [0.25, 0.3) is 5.91 Å². The highest BCUT2D eigenvalue weighted by atomic mass is 32.1. The number of fused-ring (bicyclic) bond motifs is 1. The number of nitrogens with zero attached hydrogens (tertiary/aromatic N) is 5. The van der Waals surface area contributed by atoms with Gasteiger partial charge in [-0.05, 0) is 42.3 Å². The smallest absolute Gasteiger partial charge is 0.254 e. The van der Waals surface area contributed by atoms with Crippen molar-refractivity contribution in [1.82, 2.24) is 24.6 Å². The molecule has 1 fully saturated rings. The van der Waals surface area contributed by atoms with Crippen molar-refractivity contribution in [1.29, 1.82) is 0 Å². The van der Waals surface area contributed by atoms with Crippen molar-refractivity contribution in [3.8, 4) is 11.1 Å². The highest BCUT2D eigenvalue weighted by Gasteiger charge is 2.32. The van der Waals surface area contributed by atoms with Crippen LogP contribution in [-0.4, -0.2) is 57.2 Å². The van der Waals surface area contributed by atoms with E-state index in [-0.39, 0.29) is 17.8 Å². The first-order valence-corrected chi connectivity index (χ1v) is 10.7. The largest absolute Gasteiger partial charge is 0.335 e. The fourth-order valence-corrected chi connectivity index (χ4v) is 4.54. The molecule has 8 heteroatoms. The quantitative estimate of drug-likeness (QED) is 0.506. The molecule has 1 atom stereocenters. The van der Waals surface area contributed by atoms with Crippen molar-refractivity contribution in [2.24, 2.45) is 0 Å². The molecule has 4 aromatic rings. The Labute approximate surface area is 177 Å². The number of amides is 1. The van der Waals surface area contributed by atoms with E-state index in [0.29, 0.717) is 13.1 Å². The summed E-state index contributed by atoms with van der Waals surface area (Å²) in [5.41, 5.74) is 4.11. The number of pyridine rings is 1. The Bertz CT molecular complexity index is 1210. The fourth-order valence-electron chi connectivity index (χ4n) is 3.91. The van der Waals surface area contributed by atoms with E-state index < -0.39 is 0 Å². The van der Waals surface area contributed by atoms with Crippen molar-refractivity contribution >= 4 is 22.8 Å². The molecule has 0 aliphatic carbocycles.